The number of hydrogen-bond acceptors (Lipinski definition) is 2. The Kier molecular flexibility index (Phi) is 4.26. The summed E-state index contributed by atoms with van der Waals surface area (Å²) in [6.07, 6.45) is 3.77. The van der Waals surface area contributed by atoms with E-state index in [1.54, 1.807) is 0 Å². The fourth-order valence-electron chi connectivity index (χ4n) is 4.10. The van der Waals surface area contributed by atoms with E-state index in [0.717, 1.165) is 13.0 Å². The van der Waals surface area contributed by atoms with Gasteiger partial charge in [-0.05, 0) is 6.42 Å². The minimum absolute atomic E-state index is 0.174. The van der Waals surface area contributed by atoms with Crippen molar-refractivity contribution in [2.45, 2.75) is 31.0 Å². The van der Waals surface area contributed by atoms with Crippen LogP contribution in [0.15, 0.2) is 60.7 Å². The second-order valence-electron chi connectivity index (χ2n) is 6.99. The van der Waals surface area contributed by atoms with E-state index in [9.17, 15) is 4.79 Å². The molecule has 4 nitrogen and oxygen atoms in total. The number of carbonyl (C=O) groups excluding carboxylic acids is 1. The summed E-state index contributed by atoms with van der Waals surface area (Å²) in [6.45, 7) is 0.846. The number of hydrogen-bond donors (Lipinski definition) is 1. The van der Waals surface area contributed by atoms with Gasteiger partial charge in [-0.1, -0.05) is 60.7 Å². The molecular formula is C21H24N3O+. The predicted molar refractivity (Wildman–Crippen MR) is 98.5 cm³/mol. The standard InChI is InChI=1S/C21H23N3O/c1-23-15-24(14-18-12-13-19(25)22-18)21(17-10-6-3-7-11-17)20(23)16-8-4-2-5-9-16/h2-11,15,18,20-21H,12-14H2,1H3/p+1/t18-,20+,21+/m0/s1. The van der Waals surface area contributed by atoms with Crippen LogP contribution in [0.25, 0.3) is 0 Å². The fraction of sp³-hybridized carbons (Fsp3) is 0.333. The molecule has 0 aliphatic carbocycles. The van der Waals surface area contributed by atoms with Crippen molar-refractivity contribution in [1.29, 1.82) is 0 Å². The van der Waals surface area contributed by atoms with Crippen LogP contribution in [0.4, 0.5) is 0 Å². The molecule has 3 atom stereocenters. The summed E-state index contributed by atoms with van der Waals surface area (Å²) in [5, 5.41) is 3.10. The Morgan fingerprint density at radius 3 is 2.28 bits per heavy atom. The minimum Gasteiger partial charge on any atom is -0.349 e. The molecule has 128 valence electrons. The van der Waals surface area contributed by atoms with Gasteiger partial charge >= 0.3 is 0 Å². The number of likely N-dealkylation sites (N-methyl/N-ethyl adjacent to an activating group) is 1. The van der Waals surface area contributed by atoms with Crippen molar-refractivity contribution in [2.75, 3.05) is 13.6 Å². The first-order valence-corrected chi connectivity index (χ1v) is 8.94. The Labute approximate surface area is 148 Å². The summed E-state index contributed by atoms with van der Waals surface area (Å²) in [6, 6.07) is 22.1. The number of rotatable bonds is 4. The van der Waals surface area contributed by atoms with Crippen LogP contribution in [0.1, 0.15) is 36.1 Å². The molecule has 0 unspecified atom stereocenters. The van der Waals surface area contributed by atoms with E-state index in [0.29, 0.717) is 6.42 Å². The second-order valence-corrected chi connectivity index (χ2v) is 6.99. The van der Waals surface area contributed by atoms with Crippen LogP contribution in [0.3, 0.4) is 0 Å². The molecule has 4 rings (SSSR count). The van der Waals surface area contributed by atoms with Gasteiger partial charge in [-0.15, -0.1) is 0 Å². The summed E-state index contributed by atoms with van der Waals surface area (Å²) in [4.78, 5) is 14.0. The van der Waals surface area contributed by atoms with Gasteiger partial charge in [-0.2, -0.15) is 0 Å². The summed E-state index contributed by atoms with van der Waals surface area (Å²) in [7, 11) is 2.14. The molecule has 0 saturated carbocycles. The molecule has 0 spiro atoms. The molecule has 2 aromatic carbocycles. The van der Waals surface area contributed by atoms with Gasteiger partial charge in [0.05, 0.1) is 13.1 Å². The van der Waals surface area contributed by atoms with E-state index in [4.69, 9.17) is 0 Å². The maximum Gasteiger partial charge on any atom is 0.235 e. The summed E-state index contributed by atoms with van der Waals surface area (Å²) < 4.78 is 2.30. The zero-order valence-corrected chi connectivity index (χ0v) is 14.5. The summed E-state index contributed by atoms with van der Waals surface area (Å²) in [5.74, 6) is 0.174. The Morgan fingerprint density at radius 1 is 1.04 bits per heavy atom. The van der Waals surface area contributed by atoms with Crippen molar-refractivity contribution in [3.63, 3.8) is 0 Å². The molecule has 1 N–H and O–H groups in total. The number of amides is 1. The van der Waals surface area contributed by atoms with Crippen LogP contribution in [0.2, 0.25) is 0 Å². The van der Waals surface area contributed by atoms with Crippen LogP contribution in [0.5, 0.6) is 0 Å². The smallest absolute Gasteiger partial charge is 0.235 e. The fourth-order valence-corrected chi connectivity index (χ4v) is 4.10. The predicted octanol–water partition coefficient (Wildman–Crippen LogP) is 2.73. The second kappa shape index (κ2) is 6.71. The third kappa shape index (κ3) is 3.16. The van der Waals surface area contributed by atoms with Crippen molar-refractivity contribution in [3.05, 3.63) is 71.8 Å². The Morgan fingerprint density at radius 2 is 1.68 bits per heavy atom. The van der Waals surface area contributed by atoms with Crippen LogP contribution < -0.4 is 5.32 Å². The van der Waals surface area contributed by atoms with Gasteiger partial charge in [0.2, 0.25) is 12.2 Å². The van der Waals surface area contributed by atoms with Crippen molar-refractivity contribution < 1.29 is 9.37 Å². The molecular weight excluding hydrogens is 310 g/mol. The largest absolute Gasteiger partial charge is 0.349 e. The zero-order chi connectivity index (χ0) is 17.2. The lowest BCUT2D eigenvalue weighted by Crippen LogP contribution is -2.39. The van der Waals surface area contributed by atoms with E-state index < -0.39 is 0 Å². The first-order valence-electron chi connectivity index (χ1n) is 8.94. The van der Waals surface area contributed by atoms with Gasteiger partial charge in [0.15, 0.2) is 12.1 Å². The van der Waals surface area contributed by atoms with E-state index in [2.05, 4.69) is 88.8 Å². The highest BCUT2D eigenvalue weighted by Gasteiger charge is 2.43. The highest BCUT2D eigenvalue weighted by molar-refractivity contribution is 5.78. The number of nitrogens with zero attached hydrogens (tertiary/aromatic N) is 2. The molecule has 2 heterocycles. The Balaban J connectivity index is 1.67. The van der Waals surface area contributed by atoms with Crippen molar-refractivity contribution in [1.82, 2.24) is 10.2 Å². The van der Waals surface area contributed by atoms with Gasteiger partial charge in [0, 0.05) is 17.5 Å². The molecule has 0 bridgehead atoms. The van der Waals surface area contributed by atoms with Gasteiger partial charge in [0.25, 0.3) is 0 Å². The molecule has 2 aliphatic heterocycles. The molecule has 1 saturated heterocycles. The van der Waals surface area contributed by atoms with Crippen molar-refractivity contribution >= 4 is 12.2 Å². The van der Waals surface area contributed by atoms with E-state index in [-0.39, 0.29) is 24.0 Å². The molecule has 25 heavy (non-hydrogen) atoms. The van der Waals surface area contributed by atoms with E-state index in [1.807, 2.05) is 0 Å². The molecule has 1 amide bonds. The molecule has 4 heteroatoms. The highest BCUT2D eigenvalue weighted by atomic mass is 16.1. The van der Waals surface area contributed by atoms with Crippen molar-refractivity contribution in [3.8, 4) is 0 Å². The maximum atomic E-state index is 11.6. The molecule has 2 aliphatic rings. The van der Waals surface area contributed by atoms with Gasteiger partial charge < -0.3 is 5.32 Å². The molecule has 0 aromatic heterocycles. The maximum absolute atomic E-state index is 11.6. The molecule has 1 fully saturated rings. The lowest BCUT2D eigenvalue weighted by Gasteiger charge is -2.25. The normalized spacial score (nSPS) is 25.8. The first-order chi connectivity index (χ1) is 12.2. The van der Waals surface area contributed by atoms with Crippen molar-refractivity contribution in [2.24, 2.45) is 0 Å². The third-order valence-corrected chi connectivity index (χ3v) is 5.22. The highest BCUT2D eigenvalue weighted by Crippen LogP contribution is 2.39. The average molecular weight is 334 g/mol. The quantitative estimate of drug-likeness (QED) is 0.873. The van der Waals surface area contributed by atoms with Crippen LogP contribution in [0, 0.1) is 0 Å². The monoisotopic (exact) mass is 334 g/mol. The molecule has 0 radical (unpaired) electrons. The van der Waals surface area contributed by atoms with Crippen LogP contribution >= 0.6 is 0 Å². The topological polar surface area (TPSA) is 35.4 Å². The van der Waals surface area contributed by atoms with Gasteiger partial charge in [-0.25, -0.2) is 0 Å². The Bertz CT molecular complexity index is 772. The zero-order valence-electron chi connectivity index (χ0n) is 14.5. The number of nitrogens with one attached hydrogen (secondary N) is 1. The van der Waals surface area contributed by atoms with E-state index in [1.165, 1.54) is 11.1 Å². The average Bonchev–Trinajstić information content (AvgIpc) is 3.19. The van der Waals surface area contributed by atoms with Gasteiger partial charge in [-0.3, -0.25) is 14.3 Å². The molecule has 2 aromatic rings. The lowest BCUT2D eigenvalue weighted by atomic mass is 9.93. The summed E-state index contributed by atoms with van der Waals surface area (Å²) in [5.41, 5.74) is 2.62. The minimum atomic E-state index is 0.174. The summed E-state index contributed by atoms with van der Waals surface area (Å²) >= 11 is 0. The lowest BCUT2D eigenvalue weighted by molar-refractivity contribution is -0.534. The third-order valence-electron chi connectivity index (χ3n) is 5.22. The Hall–Kier alpha value is -2.62. The number of benzene rings is 2. The first kappa shape index (κ1) is 15.9. The van der Waals surface area contributed by atoms with E-state index >= 15 is 0 Å². The van der Waals surface area contributed by atoms with Crippen LogP contribution in [-0.4, -0.2) is 41.4 Å². The van der Waals surface area contributed by atoms with Gasteiger partial charge in [0.1, 0.15) is 6.54 Å². The SMILES string of the molecule is C[N+]1=CN(C[C@@H]2CCC(=O)N2)[C@H](c2ccccc2)[C@H]1c1ccccc1. The van der Waals surface area contributed by atoms with Crippen LogP contribution in [-0.2, 0) is 4.79 Å². The number of carbonyl (C=O) groups is 1.